The lowest BCUT2D eigenvalue weighted by molar-refractivity contribution is -0.138. The Morgan fingerprint density at radius 3 is 2.56 bits per heavy atom. The van der Waals surface area contributed by atoms with Gasteiger partial charge in [0.1, 0.15) is 6.04 Å². The van der Waals surface area contributed by atoms with Gasteiger partial charge in [-0.2, -0.15) is 0 Å². The summed E-state index contributed by atoms with van der Waals surface area (Å²) in [5.41, 5.74) is 0.902. The number of amides is 1. The summed E-state index contributed by atoms with van der Waals surface area (Å²) in [6, 6.07) is 3.27. The van der Waals surface area contributed by atoms with Crippen molar-refractivity contribution in [2.45, 2.75) is 12.5 Å². The van der Waals surface area contributed by atoms with E-state index < -0.39 is 23.9 Å². The Morgan fingerprint density at radius 2 is 1.94 bits per heavy atom. The summed E-state index contributed by atoms with van der Waals surface area (Å²) in [6.45, 7) is 0. The molecule has 0 radical (unpaired) electrons. The zero-order valence-corrected chi connectivity index (χ0v) is 9.14. The number of carbonyl (C=O) groups is 3. The average Bonchev–Trinajstić information content (AvgIpc) is 2.28. The molecule has 0 aliphatic carbocycles. The first-order valence-electron chi connectivity index (χ1n) is 5.14. The van der Waals surface area contributed by atoms with Gasteiger partial charge in [0.25, 0.3) is 0 Å². The number of fused-ring (bicyclic) bond motifs is 1. The first kappa shape index (κ1) is 11.9. The maximum Gasteiger partial charge on any atom is 0.335 e. The maximum atomic E-state index is 11.6. The average molecular weight is 250 g/mol. The number of carboxylic acid groups (broad SMARTS) is 2. The van der Waals surface area contributed by atoms with Gasteiger partial charge in [-0.3, -0.25) is 9.59 Å². The number of nitrogens with one attached hydrogen (secondary N) is 2. The lowest BCUT2D eigenvalue weighted by Crippen LogP contribution is -2.40. The first-order chi connectivity index (χ1) is 8.47. The van der Waals surface area contributed by atoms with E-state index in [1.54, 1.807) is 0 Å². The molecule has 1 heterocycles. The third-order valence-corrected chi connectivity index (χ3v) is 2.55. The summed E-state index contributed by atoms with van der Waals surface area (Å²) in [5, 5.41) is 22.7. The molecule has 2 rings (SSSR count). The standard InChI is InChI=1S/C11H10N2O5/c14-9(15)4-8-10(16)13-6-2-1-5(11(17)18)3-7(6)12-8/h1-3,8,12H,4H2,(H,13,16)(H,14,15)(H,17,18). The zero-order chi connectivity index (χ0) is 13.3. The largest absolute Gasteiger partial charge is 0.481 e. The Hall–Kier alpha value is -2.57. The van der Waals surface area contributed by atoms with Crippen LogP contribution in [-0.2, 0) is 9.59 Å². The van der Waals surface area contributed by atoms with E-state index in [-0.39, 0.29) is 12.0 Å². The van der Waals surface area contributed by atoms with Crippen molar-refractivity contribution in [2.24, 2.45) is 0 Å². The molecule has 7 heteroatoms. The van der Waals surface area contributed by atoms with Gasteiger partial charge in [-0.05, 0) is 18.2 Å². The Morgan fingerprint density at radius 1 is 1.22 bits per heavy atom. The van der Waals surface area contributed by atoms with Gasteiger partial charge in [-0.25, -0.2) is 4.79 Å². The Labute approximate surface area is 101 Å². The van der Waals surface area contributed by atoms with E-state index in [1.807, 2.05) is 0 Å². The minimum absolute atomic E-state index is 0.0615. The molecule has 0 bridgehead atoms. The highest BCUT2D eigenvalue weighted by Crippen LogP contribution is 2.28. The predicted molar refractivity (Wildman–Crippen MR) is 61.7 cm³/mol. The lowest BCUT2D eigenvalue weighted by atomic mass is 10.1. The van der Waals surface area contributed by atoms with Gasteiger partial charge in [-0.15, -0.1) is 0 Å². The molecule has 0 fully saturated rings. The second kappa shape index (κ2) is 4.36. The van der Waals surface area contributed by atoms with Gasteiger partial charge in [-0.1, -0.05) is 0 Å². The highest BCUT2D eigenvalue weighted by molar-refractivity contribution is 6.05. The topological polar surface area (TPSA) is 116 Å². The van der Waals surface area contributed by atoms with E-state index in [2.05, 4.69) is 10.6 Å². The number of anilines is 2. The Bertz CT molecular complexity index is 540. The van der Waals surface area contributed by atoms with Crippen LogP contribution in [0.15, 0.2) is 18.2 Å². The maximum absolute atomic E-state index is 11.6. The normalized spacial score (nSPS) is 17.3. The van der Waals surface area contributed by atoms with Gasteiger partial charge in [0.05, 0.1) is 23.4 Å². The summed E-state index contributed by atoms with van der Waals surface area (Å²) in [5.74, 6) is -2.65. The van der Waals surface area contributed by atoms with Crippen LogP contribution in [0.3, 0.4) is 0 Å². The van der Waals surface area contributed by atoms with E-state index in [0.717, 1.165) is 0 Å². The van der Waals surface area contributed by atoms with Gasteiger partial charge < -0.3 is 20.8 Å². The molecular weight excluding hydrogens is 240 g/mol. The molecular formula is C11H10N2O5. The summed E-state index contributed by atoms with van der Waals surface area (Å²) < 4.78 is 0. The number of hydrogen-bond donors (Lipinski definition) is 4. The van der Waals surface area contributed by atoms with Crippen LogP contribution in [0.1, 0.15) is 16.8 Å². The van der Waals surface area contributed by atoms with Crippen molar-refractivity contribution in [1.82, 2.24) is 0 Å². The molecule has 0 saturated carbocycles. The Balaban J connectivity index is 2.30. The highest BCUT2D eigenvalue weighted by atomic mass is 16.4. The van der Waals surface area contributed by atoms with Crippen molar-refractivity contribution in [3.8, 4) is 0 Å². The van der Waals surface area contributed by atoms with Crippen molar-refractivity contribution in [3.05, 3.63) is 23.8 Å². The quantitative estimate of drug-likeness (QED) is 0.624. The summed E-state index contributed by atoms with van der Waals surface area (Å²) >= 11 is 0. The molecule has 0 saturated heterocycles. The number of carbonyl (C=O) groups excluding carboxylic acids is 1. The minimum Gasteiger partial charge on any atom is -0.481 e. The van der Waals surface area contributed by atoms with Gasteiger partial charge in [0, 0.05) is 0 Å². The van der Waals surface area contributed by atoms with Crippen LogP contribution < -0.4 is 10.6 Å². The second-order valence-electron chi connectivity index (χ2n) is 3.85. The lowest BCUT2D eigenvalue weighted by Gasteiger charge is -2.25. The minimum atomic E-state index is -1.11. The van der Waals surface area contributed by atoms with Crippen LogP contribution in [0, 0.1) is 0 Å². The number of rotatable bonds is 3. The fourth-order valence-corrected chi connectivity index (χ4v) is 1.70. The third kappa shape index (κ3) is 2.24. The molecule has 18 heavy (non-hydrogen) atoms. The van der Waals surface area contributed by atoms with Gasteiger partial charge >= 0.3 is 11.9 Å². The molecule has 1 aliphatic heterocycles. The predicted octanol–water partition coefficient (Wildman–Crippen LogP) is 0.592. The van der Waals surface area contributed by atoms with Crippen LogP contribution >= 0.6 is 0 Å². The monoisotopic (exact) mass is 250 g/mol. The fraction of sp³-hybridized carbons (Fsp3) is 0.182. The number of aromatic carboxylic acids is 1. The Kier molecular flexibility index (Phi) is 2.88. The van der Waals surface area contributed by atoms with Crippen molar-refractivity contribution in [1.29, 1.82) is 0 Å². The van der Waals surface area contributed by atoms with E-state index in [0.29, 0.717) is 11.4 Å². The van der Waals surface area contributed by atoms with Crippen LogP contribution in [0.4, 0.5) is 11.4 Å². The van der Waals surface area contributed by atoms with Crippen LogP contribution in [-0.4, -0.2) is 34.1 Å². The molecule has 0 spiro atoms. The second-order valence-corrected chi connectivity index (χ2v) is 3.85. The van der Waals surface area contributed by atoms with Gasteiger partial charge in [0.2, 0.25) is 5.91 Å². The summed E-state index contributed by atoms with van der Waals surface area (Å²) in [6.07, 6.45) is -0.372. The van der Waals surface area contributed by atoms with Crippen LogP contribution in [0.25, 0.3) is 0 Å². The van der Waals surface area contributed by atoms with Crippen molar-refractivity contribution in [2.75, 3.05) is 10.6 Å². The fourth-order valence-electron chi connectivity index (χ4n) is 1.70. The number of benzene rings is 1. The molecule has 1 aromatic rings. The van der Waals surface area contributed by atoms with Crippen molar-refractivity contribution < 1.29 is 24.6 Å². The third-order valence-electron chi connectivity index (χ3n) is 2.55. The van der Waals surface area contributed by atoms with Crippen LogP contribution in [0.2, 0.25) is 0 Å². The number of aliphatic carboxylic acids is 1. The van der Waals surface area contributed by atoms with Gasteiger partial charge in [0.15, 0.2) is 0 Å². The summed E-state index contributed by atoms with van der Waals surface area (Å²) in [7, 11) is 0. The molecule has 1 aromatic carbocycles. The SMILES string of the molecule is O=C(O)CC1Nc2cc(C(=O)O)ccc2NC1=O. The molecule has 7 nitrogen and oxygen atoms in total. The molecule has 94 valence electrons. The van der Waals surface area contributed by atoms with E-state index >= 15 is 0 Å². The molecule has 4 N–H and O–H groups in total. The summed E-state index contributed by atoms with van der Waals surface area (Å²) in [4.78, 5) is 32.9. The van der Waals surface area contributed by atoms with E-state index in [1.165, 1.54) is 18.2 Å². The first-order valence-corrected chi connectivity index (χ1v) is 5.14. The number of carboxylic acids is 2. The smallest absolute Gasteiger partial charge is 0.335 e. The molecule has 1 amide bonds. The van der Waals surface area contributed by atoms with Crippen molar-refractivity contribution in [3.63, 3.8) is 0 Å². The molecule has 1 unspecified atom stereocenters. The molecule has 0 aromatic heterocycles. The highest BCUT2D eigenvalue weighted by Gasteiger charge is 2.27. The molecule has 1 atom stereocenters. The zero-order valence-electron chi connectivity index (χ0n) is 9.14. The van der Waals surface area contributed by atoms with E-state index in [4.69, 9.17) is 10.2 Å². The van der Waals surface area contributed by atoms with E-state index in [9.17, 15) is 14.4 Å². The van der Waals surface area contributed by atoms with Crippen molar-refractivity contribution >= 4 is 29.2 Å². The molecule has 1 aliphatic rings. The van der Waals surface area contributed by atoms with Crippen LogP contribution in [0.5, 0.6) is 0 Å². The number of hydrogen-bond acceptors (Lipinski definition) is 4.